The van der Waals surface area contributed by atoms with Crippen LogP contribution < -0.4 is 5.32 Å². The van der Waals surface area contributed by atoms with Crippen LogP contribution in [0.2, 0.25) is 0 Å². The van der Waals surface area contributed by atoms with E-state index in [1.54, 1.807) is 13.0 Å². The van der Waals surface area contributed by atoms with E-state index in [2.05, 4.69) is 18.0 Å². The number of allylic oxidation sites excluding steroid dienone is 1. The van der Waals surface area contributed by atoms with Crippen LogP contribution in [-0.2, 0) is 14.3 Å². The molecule has 1 aromatic rings. The molecule has 2 unspecified atom stereocenters. The van der Waals surface area contributed by atoms with Crippen LogP contribution in [0.25, 0.3) is 0 Å². The summed E-state index contributed by atoms with van der Waals surface area (Å²) in [5.74, 6) is -2.26. The summed E-state index contributed by atoms with van der Waals surface area (Å²) in [6.45, 7) is 7.42. The predicted molar refractivity (Wildman–Crippen MR) is 97.5 cm³/mol. The van der Waals surface area contributed by atoms with Gasteiger partial charge in [-0.15, -0.1) is 18.3 Å². The van der Waals surface area contributed by atoms with Gasteiger partial charge >= 0.3 is 5.97 Å². The molecule has 1 amide bonds. The fourth-order valence-electron chi connectivity index (χ4n) is 2.84. The fraction of sp³-hybridized carbons (Fsp3) is 0.316. The van der Waals surface area contributed by atoms with Crippen LogP contribution in [0.3, 0.4) is 0 Å². The van der Waals surface area contributed by atoms with Crippen LogP contribution in [0.1, 0.15) is 24.0 Å². The SMILES string of the molecule is C=CCSC1=C(C#N)C(c2ccccc2C)C(C(=O)OCC)C(=O)N1. The van der Waals surface area contributed by atoms with Crippen LogP contribution in [0.4, 0.5) is 0 Å². The first-order valence-corrected chi connectivity index (χ1v) is 8.94. The second-order valence-corrected chi connectivity index (χ2v) is 6.54. The van der Waals surface area contributed by atoms with Crippen LogP contribution in [0.5, 0.6) is 0 Å². The van der Waals surface area contributed by atoms with Gasteiger partial charge in [-0.2, -0.15) is 5.26 Å². The summed E-state index contributed by atoms with van der Waals surface area (Å²) in [5, 5.41) is 12.9. The van der Waals surface area contributed by atoms with Crippen LogP contribution in [-0.4, -0.2) is 24.2 Å². The molecule has 1 heterocycles. The minimum atomic E-state index is -1.08. The molecule has 6 heteroatoms. The van der Waals surface area contributed by atoms with Gasteiger partial charge in [-0.3, -0.25) is 9.59 Å². The number of amides is 1. The van der Waals surface area contributed by atoms with E-state index in [-0.39, 0.29) is 6.61 Å². The van der Waals surface area contributed by atoms with Gasteiger partial charge in [-0.25, -0.2) is 0 Å². The molecule has 1 aliphatic heterocycles. The Balaban J connectivity index is 2.62. The van der Waals surface area contributed by atoms with Gasteiger partial charge in [-0.05, 0) is 25.0 Å². The number of nitriles is 1. The first kappa shape index (κ1) is 18.8. The van der Waals surface area contributed by atoms with Crippen molar-refractivity contribution in [1.29, 1.82) is 5.26 Å². The van der Waals surface area contributed by atoms with Crippen molar-refractivity contribution in [2.45, 2.75) is 19.8 Å². The zero-order chi connectivity index (χ0) is 18.4. The van der Waals surface area contributed by atoms with E-state index < -0.39 is 23.7 Å². The lowest BCUT2D eigenvalue weighted by Crippen LogP contribution is -2.44. The van der Waals surface area contributed by atoms with Crippen molar-refractivity contribution in [2.75, 3.05) is 12.4 Å². The van der Waals surface area contributed by atoms with Gasteiger partial charge in [0.1, 0.15) is 5.92 Å². The van der Waals surface area contributed by atoms with Crippen molar-refractivity contribution in [3.63, 3.8) is 0 Å². The van der Waals surface area contributed by atoms with Crippen molar-refractivity contribution in [1.82, 2.24) is 5.32 Å². The van der Waals surface area contributed by atoms with E-state index in [0.717, 1.165) is 11.1 Å². The topological polar surface area (TPSA) is 79.2 Å². The predicted octanol–water partition coefficient (Wildman–Crippen LogP) is 3.04. The third-order valence-electron chi connectivity index (χ3n) is 3.94. The third kappa shape index (κ3) is 3.94. The van der Waals surface area contributed by atoms with Gasteiger partial charge in [0.05, 0.1) is 23.3 Å². The maximum Gasteiger partial charge on any atom is 0.319 e. The first-order chi connectivity index (χ1) is 12.0. The third-order valence-corrected chi connectivity index (χ3v) is 4.95. The number of aryl methyl sites for hydroxylation is 1. The summed E-state index contributed by atoms with van der Waals surface area (Å²) in [4.78, 5) is 25.1. The Morgan fingerprint density at radius 2 is 2.20 bits per heavy atom. The number of thioether (sulfide) groups is 1. The van der Waals surface area contributed by atoms with E-state index in [1.165, 1.54) is 11.8 Å². The lowest BCUT2D eigenvalue weighted by atomic mass is 9.77. The zero-order valence-electron chi connectivity index (χ0n) is 14.2. The van der Waals surface area contributed by atoms with Crippen molar-refractivity contribution in [2.24, 2.45) is 5.92 Å². The molecule has 5 nitrogen and oxygen atoms in total. The number of carbonyl (C=O) groups is 2. The van der Waals surface area contributed by atoms with Gasteiger partial charge < -0.3 is 10.1 Å². The van der Waals surface area contributed by atoms with Crippen molar-refractivity contribution in [3.8, 4) is 6.07 Å². The lowest BCUT2D eigenvalue weighted by Gasteiger charge is -2.31. The molecule has 0 aromatic heterocycles. The number of hydrogen-bond acceptors (Lipinski definition) is 5. The van der Waals surface area contributed by atoms with Gasteiger partial charge in [0, 0.05) is 11.7 Å². The smallest absolute Gasteiger partial charge is 0.319 e. The Bertz CT molecular complexity index is 764. The molecule has 0 spiro atoms. The summed E-state index contributed by atoms with van der Waals surface area (Å²) in [5.41, 5.74) is 2.07. The number of carbonyl (C=O) groups excluding carboxylic acids is 2. The molecule has 2 rings (SSSR count). The number of hydrogen-bond donors (Lipinski definition) is 1. The first-order valence-electron chi connectivity index (χ1n) is 7.96. The average molecular weight is 356 g/mol. The highest BCUT2D eigenvalue weighted by Gasteiger charge is 2.44. The summed E-state index contributed by atoms with van der Waals surface area (Å²) in [7, 11) is 0. The maximum absolute atomic E-state index is 12.6. The second kappa shape index (κ2) is 8.54. The van der Waals surface area contributed by atoms with E-state index in [9.17, 15) is 14.9 Å². The van der Waals surface area contributed by atoms with Crippen LogP contribution in [0, 0.1) is 24.2 Å². The number of esters is 1. The summed E-state index contributed by atoms with van der Waals surface area (Å²) in [6.07, 6.45) is 1.69. The molecule has 0 fully saturated rings. The number of nitrogens with one attached hydrogen (secondary N) is 1. The Kier molecular flexibility index (Phi) is 6.43. The highest BCUT2D eigenvalue weighted by atomic mass is 32.2. The number of nitrogens with zero attached hydrogens (tertiary/aromatic N) is 1. The van der Waals surface area contributed by atoms with Gasteiger partial charge in [0.25, 0.3) is 0 Å². The van der Waals surface area contributed by atoms with Gasteiger partial charge in [0.15, 0.2) is 0 Å². The standard InChI is InChI=1S/C19H20N2O3S/c1-4-10-25-18-14(11-20)15(13-9-7-6-8-12(13)3)16(17(22)21-18)19(23)24-5-2/h4,6-9,15-16H,1,5,10H2,2-3H3,(H,21,22). The molecule has 130 valence electrons. The van der Waals surface area contributed by atoms with Crippen molar-refractivity contribution in [3.05, 3.63) is 58.6 Å². The normalized spacial score (nSPS) is 19.8. The van der Waals surface area contributed by atoms with Gasteiger partial charge in [0.2, 0.25) is 5.91 Å². The molecule has 0 saturated carbocycles. The summed E-state index contributed by atoms with van der Waals surface area (Å²) < 4.78 is 5.10. The molecule has 0 aliphatic carbocycles. The van der Waals surface area contributed by atoms with Crippen LogP contribution in [0.15, 0.2) is 47.5 Å². The van der Waals surface area contributed by atoms with E-state index in [0.29, 0.717) is 16.4 Å². The van der Waals surface area contributed by atoms with Crippen LogP contribution >= 0.6 is 11.8 Å². The summed E-state index contributed by atoms with van der Waals surface area (Å²) >= 11 is 1.32. The van der Waals surface area contributed by atoms with E-state index in [1.807, 2.05) is 31.2 Å². The van der Waals surface area contributed by atoms with Crippen molar-refractivity contribution < 1.29 is 14.3 Å². The largest absolute Gasteiger partial charge is 0.465 e. The molecule has 1 aliphatic rings. The van der Waals surface area contributed by atoms with Crippen molar-refractivity contribution >= 4 is 23.6 Å². The summed E-state index contributed by atoms with van der Waals surface area (Å²) in [6, 6.07) is 9.65. The van der Waals surface area contributed by atoms with Gasteiger partial charge in [-0.1, -0.05) is 30.3 Å². The molecule has 0 bridgehead atoms. The Labute approximate surface area is 151 Å². The molecule has 2 atom stereocenters. The lowest BCUT2D eigenvalue weighted by molar-refractivity contribution is -0.152. The highest BCUT2D eigenvalue weighted by molar-refractivity contribution is 8.03. The molecular weight excluding hydrogens is 336 g/mol. The monoisotopic (exact) mass is 356 g/mol. The quantitative estimate of drug-likeness (QED) is 0.481. The fourth-order valence-corrected chi connectivity index (χ4v) is 3.62. The maximum atomic E-state index is 12.6. The highest BCUT2D eigenvalue weighted by Crippen LogP contribution is 2.41. The molecule has 1 aromatic carbocycles. The number of benzene rings is 1. The number of rotatable bonds is 6. The van der Waals surface area contributed by atoms with E-state index in [4.69, 9.17) is 4.74 Å². The minimum absolute atomic E-state index is 0.173. The molecular formula is C19H20N2O3S. The zero-order valence-corrected chi connectivity index (χ0v) is 15.1. The molecule has 1 N–H and O–H groups in total. The molecule has 0 radical (unpaired) electrons. The molecule has 0 saturated heterocycles. The second-order valence-electron chi connectivity index (χ2n) is 5.51. The Morgan fingerprint density at radius 1 is 1.48 bits per heavy atom. The Hall–Kier alpha value is -2.52. The average Bonchev–Trinajstić information content (AvgIpc) is 2.59. The molecule has 25 heavy (non-hydrogen) atoms. The Morgan fingerprint density at radius 3 is 2.80 bits per heavy atom. The number of ether oxygens (including phenoxy) is 1. The minimum Gasteiger partial charge on any atom is -0.465 e. The van der Waals surface area contributed by atoms with E-state index >= 15 is 0 Å².